The van der Waals surface area contributed by atoms with Crippen molar-refractivity contribution in [1.82, 2.24) is 9.97 Å². The van der Waals surface area contributed by atoms with Gasteiger partial charge in [0, 0.05) is 24.5 Å². The fourth-order valence-corrected chi connectivity index (χ4v) is 2.49. The molecule has 2 heterocycles. The molecule has 21 heavy (non-hydrogen) atoms. The van der Waals surface area contributed by atoms with Crippen LogP contribution in [0.4, 0.5) is 5.69 Å². The summed E-state index contributed by atoms with van der Waals surface area (Å²) in [6, 6.07) is 7.44. The van der Waals surface area contributed by atoms with Crippen molar-refractivity contribution in [3.05, 3.63) is 54.1 Å². The lowest BCUT2D eigenvalue weighted by atomic mass is 10.1. The van der Waals surface area contributed by atoms with E-state index in [0.717, 1.165) is 17.7 Å². The third-order valence-corrected chi connectivity index (χ3v) is 3.47. The van der Waals surface area contributed by atoms with Gasteiger partial charge in [0.1, 0.15) is 6.33 Å². The Morgan fingerprint density at radius 1 is 1.24 bits per heavy atom. The molecule has 6 nitrogen and oxygen atoms in total. The fraction of sp³-hybridized carbons (Fsp3) is 0.200. The molecule has 1 amide bonds. The molecule has 2 aromatic rings. The van der Waals surface area contributed by atoms with E-state index in [1.807, 2.05) is 24.3 Å². The van der Waals surface area contributed by atoms with Crippen molar-refractivity contribution in [3.8, 4) is 0 Å². The van der Waals surface area contributed by atoms with Crippen molar-refractivity contribution in [2.45, 2.75) is 12.8 Å². The second kappa shape index (κ2) is 5.70. The van der Waals surface area contributed by atoms with Crippen molar-refractivity contribution in [2.24, 2.45) is 5.16 Å². The summed E-state index contributed by atoms with van der Waals surface area (Å²) in [6.07, 6.45) is 5.76. The Balaban J connectivity index is 2.05. The molecular formula is C15H14N4O2. The molecule has 0 aliphatic carbocycles. The van der Waals surface area contributed by atoms with Crippen LogP contribution in [0, 0.1) is 0 Å². The van der Waals surface area contributed by atoms with E-state index in [1.54, 1.807) is 4.90 Å². The first-order valence-electron chi connectivity index (χ1n) is 6.68. The van der Waals surface area contributed by atoms with E-state index in [9.17, 15) is 4.79 Å². The summed E-state index contributed by atoms with van der Waals surface area (Å²) >= 11 is 0. The SMILES string of the molecule is O=C(c1cncnc1)N1CCC/C(=N/O)c2ccccc21. The summed E-state index contributed by atoms with van der Waals surface area (Å²) in [5.41, 5.74) is 2.57. The van der Waals surface area contributed by atoms with Crippen LogP contribution in [0.1, 0.15) is 28.8 Å². The molecule has 1 aliphatic heterocycles. The number of carbonyl (C=O) groups is 1. The van der Waals surface area contributed by atoms with Gasteiger partial charge in [0.2, 0.25) is 0 Å². The van der Waals surface area contributed by atoms with Gasteiger partial charge in [0.05, 0.1) is 17.0 Å². The molecule has 0 bridgehead atoms. The van der Waals surface area contributed by atoms with Crippen LogP contribution >= 0.6 is 0 Å². The fourth-order valence-electron chi connectivity index (χ4n) is 2.49. The van der Waals surface area contributed by atoms with Gasteiger partial charge in [-0.05, 0) is 18.9 Å². The number of benzene rings is 1. The van der Waals surface area contributed by atoms with Crippen LogP contribution in [0.5, 0.6) is 0 Å². The minimum Gasteiger partial charge on any atom is -0.411 e. The molecule has 0 saturated heterocycles. The Bertz CT molecular complexity index is 685. The van der Waals surface area contributed by atoms with Gasteiger partial charge >= 0.3 is 0 Å². The maximum atomic E-state index is 12.7. The van der Waals surface area contributed by atoms with Gasteiger partial charge in [0.15, 0.2) is 0 Å². The number of hydrogen-bond donors (Lipinski definition) is 1. The van der Waals surface area contributed by atoms with Crippen molar-refractivity contribution >= 4 is 17.3 Å². The Hall–Kier alpha value is -2.76. The predicted molar refractivity (Wildman–Crippen MR) is 77.7 cm³/mol. The largest absolute Gasteiger partial charge is 0.411 e. The molecule has 0 fully saturated rings. The number of rotatable bonds is 1. The first-order valence-corrected chi connectivity index (χ1v) is 6.68. The summed E-state index contributed by atoms with van der Waals surface area (Å²) in [7, 11) is 0. The van der Waals surface area contributed by atoms with E-state index in [-0.39, 0.29) is 5.91 Å². The van der Waals surface area contributed by atoms with Crippen LogP contribution in [0.25, 0.3) is 0 Å². The summed E-state index contributed by atoms with van der Waals surface area (Å²) in [5.74, 6) is -0.151. The average Bonchev–Trinajstić information content (AvgIpc) is 2.74. The number of aromatic nitrogens is 2. The molecule has 106 valence electrons. The molecule has 1 aromatic carbocycles. The molecule has 0 unspecified atom stereocenters. The number of fused-ring (bicyclic) bond motifs is 1. The van der Waals surface area contributed by atoms with Gasteiger partial charge in [0.25, 0.3) is 5.91 Å². The van der Waals surface area contributed by atoms with Crippen LogP contribution < -0.4 is 4.90 Å². The first kappa shape index (κ1) is 13.2. The van der Waals surface area contributed by atoms with Crippen LogP contribution in [-0.2, 0) is 0 Å². The average molecular weight is 282 g/mol. The zero-order chi connectivity index (χ0) is 14.7. The van der Waals surface area contributed by atoms with Gasteiger partial charge in [-0.25, -0.2) is 9.97 Å². The topological polar surface area (TPSA) is 78.7 Å². The van der Waals surface area contributed by atoms with E-state index >= 15 is 0 Å². The quantitative estimate of drug-likeness (QED) is 0.641. The molecule has 1 N–H and O–H groups in total. The lowest BCUT2D eigenvalue weighted by Gasteiger charge is -2.22. The molecule has 3 rings (SSSR count). The zero-order valence-electron chi connectivity index (χ0n) is 11.3. The summed E-state index contributed by atoms with van der Waals surface area (Å²) < 4.78 is 0. The smallest absolute Gasteiger partial charge is 0.261 e. The van der Waals surface area contributed by atoms with Gasteiger partial charge in [-0.3, -0.25) is 4.79 Å². The van der Waals surface area contributed by atoms with Crippen LogP contribution in [0.15, 0.2) is 48.1 Å². The lowest BCUT2D eigenvalue weighted by molar-refractivity contribution is 0.0986. The minimum absolute atomic E-state index is 0.151. The van der Waals surface area contributed by atoms with Crippen LogP contribution in [-0.4, -0.2) is 33.3 Å². The van der Waals surface area contributed by atoms with Crippen molar-refractivity contribution in [1.29, 1.82) is 0 Å². The molecule has 0 saturated carbocycles. The van der Waals surface area contributed by atoms with Crippen molar-refractivity contribution in [2.75, 3.05) is 11.4 Å². The highest BCUT2D eigenvalue weighted by Crippen LogP contribution is 2.27. The van der Waals surface area contributed by atoms with Gasteiger partial charge < -0.3 is 10.1 Å². The van der Waals surface area contributed by atoms with Crippen LogP contribution in [0.3, 0.4) is 0 Å². The molecular weight excluding hydrogens is 268 g/mol. The maximum Gasteiger partial charge on any atom is 0.261 e. The van der Waals surface area contributed by atoms with E-state index in [0.29, 0.717) is 24.2 Å². The Morgan fingerprint density at radius 3 is 2.76 bits per heavy atom. The number of para-hydroxylation sites is 1. The number of hydrogen-bond acceptors (Lipinski definition) is 5. The Kier molecular flexibility index (Phi) is 3.59. The highest BCUT2D eigenvalue weighted by molar-refractivity contribution is 6.12. The van der Waals surface area contributed by atoms with Crippen molar-refractivity contribution < 1.29 is 10.0 Å². The van der Waals surface area contributed by atoms with Crippen LogP contribution in [0.2, 0.25) is 0 Å². The molecule has 0 radical (unpaired) electrons. The molecule has 0 spiro atoms. The molecule has 0 atom stereocenters. The second-order valence-electron chi connectivity index (χ2n) is 4.75. The van der Waals surface area contributed by atoms with E-state index in [4.69, 9.17) is 5.21 Å². The highest BCUT2D eigenvalue weighted by Gasteiger charge is 2.25. The Labute approximate surface area is 121 Å². The molecule has 6 heteroatoms. The van der Waals surface area contributed by atoms with E-state index in [2.05, 4.69) is 15.1 Å². The zero-order valence-corrected chi connectivity index (χ0v) is 11.3. The van der Waals surface area contributed by atoms with Crippen molar-refractivity contribution in [3.63, 3.8) is 0 Å². The number of oxime groups is 1. The Morgan fingerprint density at radius 2 is 2.00 bits per heavy atom. The second-order valence-corrected chi connectivity index (χ2v) is 4.75. The highest BCUT2D eigenvalue weighted by atomic mass is 16.4. The third-order valence-electron chi connectivity index (χ3n) is 3.47. The minimum atomic E-state index is -0.151. The lowest BCUT2D eigenvalue weighted by Crippen LogP contribution is -2.31. The van der Waals surface area contributed by atoms with E-state index < -0.39 is 0 Å². The third kappa shape index (κ3) is 2.47. The number of amides is 1. The molecule has 1 aromatic heterocycles. The predicted octanol–water partition coefficient (Wildman–Crippen LogP) is 2.10. The summed E-state index contributed by atoms with van der Waals surface area (Å²) in [6.45, 7) is 0.559. The summed E-state index contributed by atoms with van der Waals surface area (Å²) in [5, 5.41) is 12.5. The summed E-state index contributed by atoms with van der Waals surface area (Å²) in [4.78, 5) is 22.1. The monoisotopic (exact) mass is 282 g/mol. The number of nitrogens with zero attached hydrogens (tertiary/aromatic N) is 4. The molecule has 1 aliphatic rings. The standard InChI is InChI=1S/C15H14N4O2/c20-15(11-8-16-10-17-9-11)19-7-3-5-13(18-21)12-4-1-2-6-14(12)19/h1-2,4,6,8-10,21H,3,5,7H2/b18-13-. The number of carbonyl (C=O) groups excluding carboxylic acids is 1. The maximum absolute atomic E-state index is 12.7. The van der Waals surface area contributed by atoms with Gasteiger partial charge in [-0.2, -0.15) is 0 Å². The normalized spacial score (nSPS) is 16.4. The van der Waals surface area contributed by atoms with E-state index in [1.165, 1.54) is 18.7 Å². The number of anilines is 1. The first-order chi connectivity index (χ1) is 10.3. The van der Waals surface area contributed by atoms with Gasteiger partial charge in [-0.1, -0.05) is 23.4 Å². The van der Waals surface area contributed by atoms with Gasteiger partial charge in [-0.15, -0.1) is 0 Å².